The molecule has 34 heavy (non-hydrogen) atoms. The average Bonchev–Trinajstić information content (AvgIpc) is 3.04. The molecule has 0 amide bonds. The Labute approximate surface area is 189 Å². The summed E-state index contributed by atoms with van der Waals surface area (Å²) in [6, 6.07) is 7.05. The fourth-order valence-corrected chi connectivity index (χ4v) is 4.01. The van der Waals surface area contributed by atoms with Gasteiger partial charge < -0.3 is 5.73 Å². The molecular formula is C23H16F4N6O. The fourth-order valence-electron chi connectivity index (χ4n) is 4.01. The lowest BCUT2D eigenvalue weighted by Crippen LogP contribution is -2.21. The number of nitrogens with two attached hydrogens (primary N) is 1. The second kappa shape index (κ2) is 7.37. The van der Waals surface area contributed by atoms with Crippen molar-refractivity contribution >= 4 is 27.8 Å². The first-order valence-electron chi connectivity index (χ1n) is 10.0. The molecule has 2 N–H and O–H groups in total. The lowest BCUT2D eigenvalue weighted by molar-refractivity contribution is -0.137. The number of halogens is 4. The monoisotopic (exact) mass is 468 g/mol. The highest BCUT2D eigenvalue weighted by atomic mass is 19.4. The van der Waals surface area contributed by atoms with Gasteiger partial charge in [0.2, 0.25) is 5.95 Å². The van der Waals surface area contributed by atoms with Crippen LogP contribution >= 0.6 is 0 Å². The van der Waals surface area contributed by atoms with Crippen molar-refractivity contribution in [3.63, 3.8) is 0 Å². The number of nitrogens with zero attached hydrogens (tertiary/aromatic N) is 5. The minimum atomic E-state index is -4.66. The summed E-state index contributed by atoms with van der Waals surface area (Å²) < 4.78 is 56.5. The number of pyridine rings is 3. The minimum absolute atomic E-state index is 0.199. The Hall–Kier alpha value is -4.28. The van der Waals surface area contributed by atoms with Crippen LogP contribution in [0.25, 0.3) is 38.8 Å². The van der Waals surface area contributed by atoms with Crippen LogP contribution in [-0.4, -0.2) is 24.1 Å². The Morgan fingerprint density at radius 3 is 2.44 bits per heavy atom. The normalized spacial score (nSPS) is 12.1. The number of rotatable bonds is 2. The number of hydrogen-bond donors (Lipinski definition) is 1. The zero-order valence-electron chi connectivity index (χ0n) is 17.9. The maximum Gasteiger partial charge on any atom is 0.419 e. The molecule has 0 saturated carbocycles. The van der Waals surface area contributed by atoms with Gasteiger partial charge in [0.1, 0.15) is 5.82 Å². The van der Waals surface area contributed by atoms with Crippen molar-refractivity contribution in [3.05, 3.63) is 76.5 Å². The van der Waals surface area contributed by atoms with E-state index in [1.807, 2.05) is 0 Å². The summed E-state index contributed by atoms with van der Waals surface area (Å²) in [4.78, 5) is 24.9. The van der Waals surface area contributed by atoms with Crippen LogP contribution in [0.1, 0.15) is 11.1 Å². The highest BCUT2D eigenvalue weighted by molar-refractivity contribution is 6.04. The lowest BCUT2D eigenvalue weighted by atomic mass is 10.0. The Bertz CT molecular complexity index is 1670. The summed E-state index contributed by atoms with van der Waals surface area (Å²) >= 11 is 0. The zero-order valence-corrected chi connectivity index (χ0v) is 17.9. The molecule has 11 heteroatoms. The number of anilines is 1. The summed E-state index contributed by atoms with van der Waals surface area (Å²) in [6.45, 7) is 1.65. The van der Waals surface area contributed by atoms with E-state index in [9.17, 15) is 22.4 Å². The van der Waals surface area contributed by atoms with Crippen molar-refractivity contribution in [3.8, 4) is 16.8 Å². The van der Waals surface area contributed by atoms with Crippen LogP contribution in [0.3, 0.4) is 0 Å². The van der Waals surface area contributed by atoms with Gasteiger partial charge in [-0.3, -0.25) is 14.1 Å². The van der Waals surface area contributed by atoms with Crippen LogP contribution in [-0.2, 0) is 13.2 Å². The van der Waals surface area contributed by atoms with Crippen LogP contribution < -0.4 is 11.4 Å². The minimum Gasteiger partial charge on any atom is -0.383 e. The van der Waals surface area contributed by atoms with E-state index in [1.54, 1.807) is 32.2 Å². The SMILES string of the molecule is Cc1cc(F)ncc1-n1c(=O)n(C)c2cnc3ccc(-c4cnc(N)c(C(F)(F)F)c4)cc3c21. The van der Waals surface area contributed by atoms with Crippen molar-refractivity contribution in [1.29, 1.82) is 0 Å². The second-order valence-electron chi connectivity index (χ2n) is 7.85. The van der Waals surface area contributed by atoms with E-state index in [0.717, 1.165) is 6.07 Å². The van der Waals surface area contributed by atoms with Gasteiger partial charge in [-0.1, -0.05) is 6.07 Å². The molecule has 0 aliphatic rings. The van der Waals surface area contributed by atoms with Crippen LogP contribution in [0.2, 0.25) is 0 Å². The molecule has 1 aromatic carbocycles. The molecule has 0 saturated heterocycles. The molecule has 4 heterocycles. The molecule has 0 radical (unpaired) electrons. The molecule has 0 aliphatic heterocycles. The topological polar surface area (TPSA) is 91.6 Å². The fraction of sp³-hybridized carbons (Fsp3) is 0.130. The van der Waals surface area contributed by atoms with E-state index in [-0.39, 0.29) is 5.56 Å². The number of hydrogen-bond acceptors (Lipinski definition) is 5. The van der Waals surface area contributed by atoms with Crippen molar-refractivity contribution in [1.82, 2.24) is 24.1 Å². The van der Waals surface area contributed by atoms with Crippen molar-refractivity contribution in [2.45, 2.75) is 13.1 Å². The average molecular weight is 468 g/mol. The Morgan fingerprint density at radius 2 is 1.74 bits per heavy atom. The van der Waals surface area contributed by atoms with E-state index >= 15 is 0 Å². The van der Waals surface area contributed by atoms with Crippen LogP contribution in [0.15, 0.2) is 53.7 Å². The van der Waals surface area contributed by atoms with Gasteiger partial charge in [-0.2, -0.15) is 17.6 Å². The summed E-state index contributed by atoms with van der Waals surface area (Å²) in [5.41, 5.74) is 6.96. The predicted molar refractivity (Wildman–Crippen MR) is 119 cm³/mol. The zero-order chi connectivity index (χ0) is 24.4. The summed E-state index contributed by atoms with van der Waals surface area (Å²) in [7, 11) is 1.57. The van der Waals surface area contributed by atoms with E-state index in [0.29, 0.717) is 38.8 Å². The lowest BCUT2D eigenvalue weighted by Gasteiger charge is -2.12. The molecule has 0 atom stereocenters. The second-order valence-corrected chi connectivity index (χ2v) is 7.85. The summed E-state index contributed by atoms with van der Waals surface area (Å²) in [5, 5.41) is 0.516. The van der Waals surface area contributed by atoms with Gasteiger partial charge in [0.25, 0.3) is 0 Å². The molecule has 0 spiro atoms. The van der Waals surface area contributed by atoms with E-state index < -0.39 is 29.2 Å². The largest absolute Gasteiger partial charge is 0.419 e. The third-order valence-electron chi connectivity index (χ3n) is 5.73. The van der Waals surface area contributed by atoms with Crippen molar-refractivity contribution in [2.24, 2.45) is 7.05 Å². The molecule has 172 valence electrons. The molecule has 7 nitrogen and oxygen atoms in total. The molecule has 0 fully saturated rings. The first-order chi connectivity index (χ1) is 16.1. The van der Waals surface area contributed by atoms with Crippen LogP contribution in [0, 0.1) is 12.9 Å². The first-order valence-corrected chi connectivity index (χ1v) is 10.0. The first kappa shape index (κ1) is 21.6. The smallest absolute Gasteiger partial charge is 0.383 e. The third kappa shape index (κ3) is 3.28. The third-order valence-corrected chi connectivity index (χ3v) is 5.73. The molecule has 0 bridgehead atoms. The van der Waals surface area contributed by atoms with E-state index in [2.05, 4.69) is 15.0 Å². The maximum absolute atomic E-state index is 13.6. The number of imidazole rings is 1. The van der Waals surface area contributed by atoms with Crippen LogP contribution in [0.5, 0.6) is 0 Å². The van der Waals surface area contributed by atoms with Crippen LogP contribution in [0.4, 0.5) is 23.4 Å². The maximum atomic E-state index is 13.6. The number of alkyl halides is 3. The molecule has 5 rings (SSSR count). The molecule has 0 aliphatic carbocycles. The summed E-state index contributed by atoms with van der Waals surface area (Å²) in [6.07, 6.45) is -0.605. The van der Waals surface area contributed by atoms with E-state index in [4.69, 9.17) is 5.73 Å². The highest BCUT2D eigenvalue weighted by Crippen LogP contribution is 2.36. The van der Waals surface area contributed by atoms with E-state index in [1.165, 1.54) is 33.8 Å². The van der Waals surface area contributed by atoms with Gasteiger partial charge in [-0.15, -0.1) is 0 Å². The predicted octanol–water partition coefficient (Wildman–Crippen LogP) is 4.38. The number of aromatic nitrogens is 5. The van der Waals surface area contributed by atoms with Gasteiger partial charge in [-0.05, 0) is 42.3 Å². The number of nitrogen functional groups attached to an aromatic ring is 1. The van der Waals surface area contributed by atoms with Gasteiger partial charge in [-0.25, -0.2) is 14.8 Å². The molecule has 5 aromatic rings. The molecular weight excluding hydrogens is 452 g/mol. The van der Waals surface area contributed by atoms with Gasteiger partial charge in [0.05, 0.1) is 40.2 Å². The standard InChI is InChI=1S/C23H16F4N6O/c1-11-5-19(24)30-9-17(11)33-20-14-6-12(13-7-15(23(25,26)27)21(28)31-8-13)3-4-16(14)29-10-18(20)32(2)22(33)34/h3-10H,1-2H3,(H2,28,31). The van der Waals surface area contributed by atoms with Crippen molar-refractivity contribution in [2.75, 3.05) is 5.73 Å². The number of fused-ring (bicyclic) bond motifs is 3. The quantitative estimate of drug-likeness (QED) is 0.307. The Morgan fingerprint density at radius 1 is 0.971 bits per heavy atom. The van der Waals surface area contributed by atoms with Gasteiger partial charge >= 0.3 is 11.9 Å². The van der Waals surface area contributed by atoms with Gasteiger partial charge in [0.15, 0.2) is 0 Å². The van der Waals surface area contributed by atoms with Crippen molar-refractivity contribution < 1.29 is 17.6 Å². The summed E-state index contributed by atoms with van der Waals surface area (Å²) in [5.74, 6) is -1.29. The molecule has 0 unspecified atom stereocenters. The highest BCUT2D eigenvalue weighted by Gasteiger charge is 2.34. The Kier molecular flexibility index (Phi) is 4.67. The number of benzene rings is 1. The number of aryl methyl sites for hydroxylation is 2. The van der Waals surface area contributed by atoms with Gasteiger partial charge in [0, 0.05) is 24.2 Å². The molecule has 4 aromatic heterocycles. The Balaban J connectivity index is 1.83.